The molecule has 0 spiro atoms. The maximum atomic E-state index is 13.1. The van der Waals surface area contributed by atoms with Gasteiger partial charge in [0, 0.05) is 19.1 Å². The molecule has 0 radical (unpaired) electrons. The number of anilines is 1. The monoisotopic (exact) mass is 374 g/mol. The molecule has 0 bridgehead atoms. The van der Waals surface area contributed by atoms with E-state index < -0.39 is 17.0 Å². The molecule has 0 aliphatic heterocycles. The Hall–Kier alpha value is -2.74. The molecule has 3 N–H and O–H groups in total. The largest absolute Gasteiger partial charge is 0.384 e. The number of nitrogens with zero attached hydrogens (tertiary/aromatic N) is 2. The first-order chi connectivity index (χ1) is 12.9. The second-order valence-corrected chi connectivity index (χ2v) is 6.86. The Labute approximate surface area is 155 Å². The number of benzene rings is 1. The van der Waals surface area contributed by atoms with Crippen LogP contribution in [-0.4, -0.2) is 32.8 Å². The summed E-state index contributed by atoms with van der Waals surface area (Å²) in [5, 5.41) is 0. The van der Waals surface area contributed by atoms with Crippen LogP contribution in [0.3, 0.4) is 0 Å². The molecule has 0 amide bonds. The molecule has 144 valence electrons. The molecule has 1 aliphatic rings. The van der Waals surface area contributed by atoms with Crippen LogP contribution in [-0.2, 0) is 13.1 Å². The molecule has 1 aromatic heterocycles. The Morgan fingerprint density at radius 3 is 2.56 bits per heavy atom. The number of H-pyrrole nitrogens is 1. The zero-order valence-corrected chi connectivity index (χ0v) is 15.2. The first-order valence-electron chi connectivity index (χ1n) is 9.05. The molecule has 27 heavy (non-hydrogen) atoms. The predicted octanol–water partition coefficient (Wildman–Crippen LogP) is 1.52. The van der Waals surface area contributed by atoms with Crippen LogP contribution in [0.25, 0.3) is 0 Å². The summed E-state index contributed by atoms with van der Waals surface area (Å²) in [7, 11) is 0. The first kappa shape index (κ1) is 19.0. The molecule has 1 fully saturated rings. The molecular weight excluding hydrogens is 351 g/mol. The van der Waals surface area contributed by atoms with Crippen molar-refractivity contribution in [2.45, 2.75) is 45.3 Å². The summed E-state index contributed by atoms with van der Waals surface area (Å²) in [5.74, 6) is -0.828. The van der Waals surface area contributed by atoms with Gasteiger partial charge in [0.2, 0.25) is 0 Å². The van der Waals surface area contributed by atoms with Crippen molar-refractivity contribution in [3.05, 3.63) is 62.0 Å². The lowest BCUT2D eigenvalue weighted by molar-refractivity contribution is 0.0917. The number of carbonyl (C=O) groups excluding carboxylic acids is 1. The summed E-state index contributed by atoms with van der Waals surface area (Å²) >= 11 is 0. The fourth-order valence-corrected chi connectivity index (χ4v) is 3.14. The number of nitrogens with two attached hydrogens (primary N) is 1. The van der Waals surface area contributed by atoms with E-state index in [1.54, 1.807) is 12.1 Å². The number of Topliss-reactive ketones (excluding diaryl/α,β-unsaturated/α-hetero) is 1. The number of ketones is 1. The van der Waals surface area contributed by atoms with Gasteiger partial charge < -0.3 is 5.73 Å². The average Bonchev–Trinajstić information content (AvgIpc) is 3.45. The third kappa shape index (κ3) is 4.33. The number of rotatable bonds is 8. The topological polar surface area (TPSA) is 101 Å². The summed E-state index contributed by atoms with van der Waals surface area (Å²) < 4.78 is 14.3. The zero-order valence-electron chi connectivity index (χ0n) is 15.2. The lowest BCUT2D eigenvalue weighted by atomic mass is 10.1. The average molecular weight is 374 g/mol. The van der Waals surface area contributed by atoms with E-state index in [4.69, 9.17) is 5.73 Å². The molecule has 2 aromatic rings. The molecule has 1 aliphatic carbocycles. The first-order valence-corrected chi connectivity index (χ1v) is 9.05. The molecule has 1 saturated carbocycles. The minimum Gasteiger partial charge on any atom is -0.384 e. The van der Waals surface area contributed by atoms with Gasteiger partial charge in [0.05, 0.1) is 6.54 Å². The number of hydrogen-bond acceptors (Lipinski definition) is 5. The van der Waals surface area contributed by atoms with Gasteiger partial charge in [-0.3, -0.25) is 24.0 Å². The van der Waals surface area contributed by atoms with E-state index in [1.807, 2.05) is 11.8 Å². The number of hydrogen-bond donors (Lipinski definition) is 2. The van der Waals surface area contributed by atoms with Gasteiger partial charge in [-0.2, -0.15) is 0 Å². The molecule has 0 unspecified atom stereocenters. The van der Waals surface area contributed by atoms with Crippen LogP contribution in [0.2, 0.25) is 0 Å². The summed E-state index contributed by atoms with van der Waals surface area (Å²) in [6, 6.07) is 6.37. The van der Waals surface area contributed by atoms with Gasteiger partial charge in [-0.05, 0) is 37.0 Å². The van der Waals surface area contributed by atoms with E-state index in [9.17, 15) is 18.8 Å². The van der Waals surface area contributed by atoms with Gasteiger partial charge in [-0.25, -0.2) is 9.18 Å². The molecular formula is C19H23FN4O3. The highest BCUT2D eigenvalue weighted by Gasteiger charge is 2.32. The molecule has 0 saturated heterocycles. The third-order valence-corrected chi connectivity index (χ3v) is 4.67. The predicted molar refractivity (Wildman–Crippen MR) is 100 cm³/mol. The van der Waals surface area contributed by atoms with Crippen molar-refractivity contribution in [3.63, 3.8) is 0 Å². The molecule has 3 rings (SSSR count). The van der Waals surface area contributed by atoms with Crippen molar-refractivity contribution < 1.29 is 9.18 Å². The highest BCUT2D eigenvalue weighted by Crippen LogP contribution is 2.28. The maximum absolute atomic E-state index is 13.1. The highest BCUT2D eigenvalue weighted by atomic mass is 19.1. The van der Waals surface area contributed by atoms with E-state index in [1.165, 1.54) is 16.7 Å². The molecule has 7 nitrogen and oxygen atoms in total. The van der Waals surface area contributed by atoms with Crippen LogP contribution in [0, 0.1) is 5.82 Å². The van der Waals surface area contributed by atoms with Gasteiger partial charge in [0.15, 0.2) is 5.78 Å². The highest BCUT2D eigenvalue weighted by molar-refractivity contribution is 6.01. The van der Waals surface area contributed by atoms with E-state index in [0.717, 1.165) is 18.4 Å². The Balaban J connectivity index is 1.84. The second-order valence-electron chi connectivity index (χ2n) is 6.86. The smallest absolute Gasteiger partial charge is 0.329 e. The second kappa shape index (κ2) is 7.87. The van der Waals surface area contributed by atoms with Gasteiger partial charge in [0.25, 0.3) is 5.56 Å². The van der Waals surface area contributed by atoms with Gasteiger partial charge >= 0.3 is 5.69 Å². The lowest BCUT2D eigenvalue weighted by Crippen LogP contribution is -2.39. The third-order valence-electron chi connectivity index (χ3n) is 4.67. The maximum Gasteiger partial charge on any atom is 0.329 e. The fourth-order valence-electron chi connectivity index (χ4n) is 3.14. The fraction of sp³-hybridized carbons (Fsp3) is 0.421. The molecule has 1 aromatic carbocycles. The molecule has 8 heteroatoms. The van der Waals surface area contributed by atoms with E-state index in [2.05, 4.69) is 4.98 Å². The zero-order chi connectivity index (χ0) is 19.6. The number of aromatic amines is 1. The van der Waals surface area contributed by atoms with Crippen molar-refractivity contribution >= 4 is 11.6 Å². The summed E-state index contributed by atoms with van der Waals surface area (Å²) in [4.78, 5) is 41.1. The van der Waals surface area contributed by atoms with Crippen molar-refractivity contribution in [3.8, 4) is 0 Å². The normalized spacial score (nSPS) is 13.9. The lowest BCUT2D eigenvalue weighted by Gasteiger charge is -2.21. The van der Waals surface area contributed by atoms with Crippen LogP contribution >= 0.6 is 0 Å². The summed E-state index contributed by atoms with van der Waals surface area (Å²) in [6.45, 7) is 2.68. The quantitative estimate of drug-likeness (QED) is 0.682. The van der Waals surface area contributed by atoms with E-state index in [-0.39, 0.29) is 29.8 Å². The van der Waals surface area contributed by atoms with E-state index in [0.29, 0.717) is 19.5 Å². The Bertz CT molecular complexity index is 945. The Morgan fingerprint density at radius 1 is 1.30 bits per heavy atom. The number of nitrogen functional groups attached to an aromatic ring is 1. The van der Waals surface area contributed by atoms with Crippen LogP contribution in [0.4, 0.5) is 10.2 Å². The SMILES string of the molecule is CCCn1c(N)c(C(=O)CN(Cc2ccc(F)cc2)C2CC2)c(=O)[nH]c1=O. The minimum absolute atomic E-state index is 0.0135. The minimum atomic E-state index is -0.757. The van der Waals surface area contributed by atoms with Crippen LogP contribution in [0.5, 0.6) is 0 Å². The number of nitrogens with one attached hydrogen (secondary N) is 1. The number of aromatic nitrogens is 2. The number of carbonyl (C=O) groups is 1. The standard InChI is InChI=1S/C19H23FN4O3/c1-2-9-24-17(21)16(18(26)22-19(24)27)15(25)11-23(14-7-8-14)10-12-3-5-13(20)6-4-12/h3-6,14H,2,7-11,21H2,1H3,(H,22,26,27). The van der Waals surface area contributed by atoms with Crippen molar-refractivity contribution in [2.75, 3.05) is 12.3 Å². The summed E-state index contributed by atoms with van der Waals surface area (Å²) in [5.41, 5.74) is 5.31. The Morgan fingerprint density at radius 2 is 1.96 bits per heavy atom. The molecule has 0 atom stereocenters. The van der Waals surface area contributed by atoms with Crippen LogP contribution in [0.15, 0.2) is 33.9 Å². The van der Waals surface area contributed by atoms with Gasteiger partial charge in [-0.1, -0.05) is 19.1 Å². The van der Waals surface area contributed by atoms with Crippen LogP contribution in [0.1, 0.15) is 42.1 Å². The Kier molecular flexibility index (Phi) is 5.55. The van der Waals surface area contributed by atoms with Crippen molar-refractivity contribution in [2.24, 2.45) is 0 Å². The van der Waals surface area contributed by atoms with Crippen LogP contribution < -0.4 is 17.0 Å². The number of halogens is 1. The van der Waals surface area contributed by atoms with Gasteiger partial charge in [0.1, 0.15) is 17.2 Å². The van der Waals surface area contributed by atoms with Gasteiger partial charge in [-0.15, -0.1) is 0 Å². The summed E-state index contributed by atoms with van der Waals surface area (Å²) in [6.07, 6.45) is 2.58. The van der Waals surface area contributed by atoms with Crippen molar-refractivity contribution in [1.82, 2.24) is 14.5 Å². The van der Waals surface area contributed by atoms with E-state index >= 15 is 0 Å². The molecule has 1 heterocycles. The van der Waals surface area contributed by atoms with Crippen molar-refractivity contribution in [1.29, 1.82) is 0 Å².